The van der Waals surface area contributed by atoms with Crippen LogP contribution in [0.15, 0.2) is 34.7 Å². The molecule has 11 nitrogen and oxygen atoms in total. The molecular formula is C25H29N5O6S. The summed E-state index contributed by atoms with van der Waals surface area (Å²) in [5, 5.41) is 3.07. The van der Waals surface area contributed by atoms with Gasteiger partial charge in [0.25, 0.3) is 17.7 Å². The number of primary amides is 1. The highest BCUT2D eigenvalue weighted by Gasteiger charge is 2.40. The van der Waals surface area contributed by atoms with Crippen molar-refractivity contribution in [1.29, 1.82) is 0 Å². The number of aromatic nitrogens is 1. The Bertz CT molecular complexity index is 1310. The van der Waals surface area contributed by atoms with Crippen LogP contribution in [0.2, 0.25) is 0 Å². The number of carbonyl (C=O) groups excluding carboxylic acids is 3. The number of amides is 3. The van der Waals surface area contributed by atoms with E-state index in [0.717, 1.165) is 37.2 Å². The van der Waals surface area contributed by atoms with Crippen molar-refractivity contribution >= 4 is 40.6 Å². The molecular weight excluding hydrogens is 498 g/mol. The average Bonchev–Trinajstić information content (AvgIpc) is 3.63. The van der Waals surface area contributed by atoms with Crippen molar-refractivity contribution in [3.05, 3.63) is 52.4 Å². The molecule has 37 heavy (non-hydrogen) atoms. The zero-order valence-electron chi connectivity index (χ0n) is 20.8. The van der Waals surface area contributed by atoms with Gasteiger partial charge in [-0.3, -0.25) is 19.3 Å². The van der Waals surface area contributed by atoms with Crippen LogP contribution in [0, 0.1) is 6.92 Å². The van der Waals surface area contributed by atoms with Crippen LogP contribution in [0.5, 0.6) is 11.5 Å². The second-order valence-electron chi connectivity index (χ2n) is 8.69. The molecule has 2 aromatic heterocycles. The maximum absolute atomic E-state index is 14.1. The van der Waals surface area contributed by atoms with Crippen molar-refractivity contribution in [3.63, 3.8) is 0 Å². The van der Waals surface area contributed by atoms with Gasteiger partial charge in [0.1, 0.15) is 27.9 Å². The summed E-state index contributed by atoms with van der Waals surface area (Å²) in [4.78, 5) is 41.0. The molecule has 5 N–H and O–H groups in total. The van der Waals surface area contributed by atoms with E-state index in [4.69, 9.17) is 25.4 Å². The molecule has 1 aliphatic rings. The fourth-order valence-electron chi connectivity index (χ4n) is 4.41. The number of ether oxygens (including phenoxy) is 2. The lowest BCUT2D eigenvalue weighted by Crippen LogP contribution is -2.46. The van der Waals surface area contributed by atoms with E-state index < -0.39 is 23.8 Å². The van der Waals surface area contributed by atoms with Gasteiger partial charge in [-0.15, -0.1) is 0 Å². The van der Waals surface area contributed by atoms with E-state index in [9.17, 15) is 14.4 Å². The molecule has 0 radical (unpaired) electrons. The molecule has 0 spiro atoms. The quantitative estimate of drug-likeness (QED) is 0.382. The van der Waals surface area contributed by atoms with Gasteiger partial charge < -0.3 is 30.7 Å². The first-order valence-corrected chi connectivity index (χ1v) is 12.5. The Balaban J connectivity index is 1.89. The minimum atomic E-state index is -1.22. The van der Waals surface area contributed by atoms with Crippen molar-refractivity contribution in [2.75, 3.05) is 24.9 Å². The number of nitrogens with zero attached hydrogens (tertiary/aromatic N) is 2. The maximum Gasteiger partial charge on any atom is 0.273 e. The summed E-state index contributed by atoms with van der Waals surface area (Å²) in [6.07, 6.45) is 3.72. The molecule has 0 saturated heterocycles. The van der Waals surface area contributed by atoms with Crippen molar-refractivity contribution < 1.29 is 28.3 Å². The van der Waals surface area contributed by atoms with E-state index in [2.05, 4.69) is 9.69 Å². The molecule has 1 saturated carbocycles. The first-order chi connectivity index (χ1) is 17.7. The summed E-state index contributed by atoms with van der Waals surface area (Å²) in [6, 6.07) is 6.97. The van der Waals surface area contributed by atoms with Gasteiger partial charge in [-0.1, -0.05) is 12.8 Å². The Morgan fingerprint density at radius 3 is 2.46 bits per heavy atom. The van der Waals surface area contributed by atoms with E-state index >= 15 is 0 Å². The monoisotopic (exact) mass is 527 g/mol. The summed E-state index contributed by atoms with van der Waals surface area (Å²) in [5.74, 6) is -0.390. The van der Waals surface area contributed by atoms with Crippen molar-refractivity contribution in [2.24, 2.45) is 5.73 Å². The van der Waals surface area contributed by atoms with Gasteiger partial charge in [-0.2, -0.15) is 4.37 Å². The fourth-order valence-corrected chi connectivity index (χ4v) is 5.15. The summed E-state index contributed by atoms with van der Waals surface area (Å²) >= 11 is 0.724. The highest BCUT2D eigenvalue weighted by molar-refractivity contribution is 7.09. The number of nitrogen functional groups attached to an aromatic ring is 1. The number of methoxy groups -OCH3 is 2. The lowest BCUT2D eigenvalue weighted by atomic mass is 10.1. The lowest BCUT2D eigenvalue weighted by molar-refractivity contribution is -0.123. The third-order valence-corrected chi connectivity index (χ3v) is 7.11. The van der Waals surface area contributed by atoms with Gasteiger partial charge in [0.2, 0.25) is 0 Å². The summed E-state index contributed by atoms with van der Waals surface area (Å²) in [5.41, 5.74) is 11.4. The van der Waals surface area contributed by atoms with Crippen molar-refractivity contribution in [1.82, 2.24) is 9.69 Å². The molecule has 0 unspecified atom stereocenters. The van der Waals surface area contributed by atoms with Gasteiger partial charge >= 0.3 is 0 Å². The lowest BCUT2D eigenvalue weighted by Gasteiger charge is -2.31. The van der Waals surface area contributed by atoms with Gasteiger partial charge in [0, 0.05) is 12.1 Å². The van der Waals surface area contributed by atoms with Crippen LogP contribution >= 0.6 is 11.5 Å². The minimum absolute atomic E-state index is 0.0179. The zero-order valence-corrected chi connectivity index (χ0v) is 21.6. The highest BCUT2D eigenvalue weighted by Crippen LogP contribution is 2.40. The van der Waals surface area contributed by atoms with Crippen LogP contribution in [0.3, 0.4) is 0 Å². The van der Waals surface area contributed by atoms with Crippen LogP contribution in [0.4, 0.5) is 11.4 Å². The molecule has 1 aliphatic carbocycles. The SMILES string of the molecule is COc1ccc(N(C(=O)c2snc(C(N)=O)c2N)[C@H](C(=O)NC2CCCC2)c2ccc(C)o2)c(OC)c1. The van der Waals surface area contributed by atoms with E-state index in [-0.39, 0.29) is 39.5 Å². The molecule has 196 valence electrons. The minimum Gasteiger partial charge on any atom is -0.497 e. The van der Waals surface area contributed by atoms with Crippen LogP contribution in [-0.2, 0) is 4.79 Å². The molecule has 12 heteroatoms. The summed E-state index contributed by atoms with van der Waals surface area (Å²) in [7, 11) is 2.95. The predicted molar refractivity (Wildman–Crippen MR) is 138 cm³/mol. The predicted octanol–water partition coefficient (Wildman–Crippen LogP) is 3.19. The van der Waals surface area contributed by atoms with Crippen LogP contribution in [-0.4, -0.2) is 42.4 Å². The standard InChI is InChI=1S/C25H29N5O6S/c1-13-8-11-17(36-13)21(24(32)28-14-6-4-5-7-14)30(16-10-9-15(34-2)12-18(16)35-3)25(33)22-19(26)20(23(27)31)29-37-22/h8-12,14,21H,4-7,26H2,1-3H3,(H2,27,31)(H,28,32)/t21-/m0/s1. The van der Waals surface area contributed by atoms with Gasteiger partial charge in [-0.25, -0.2) is 0 Å². The molecule has 2 heterocycles. The zero-order chi connectivity index (χ0) is 26.7. The molecule has 1 aromatic carbocycles. The maximum atomic E-state index is 14.1. The second kappa shape index (κ2) is 10.9. The average molecular weight is 528 g/mol. The Morgan fingerprint density at radius 1 is 1.16 bits per heavy atom. The van der Waals surface area contributed by atoms with E-state index in [1.807, 2.05) is 0 Å². The largest absolute Gasteiger partial charge is 0.497 e. The molecule has 3 aromatic rings. The topological polar surface area (TPSA) is 163 Å². The van der Waals surface area contributed by atoms with Crippen LogP contribution in [0.1, 0.15) is 63.4 Å². The number of hydrogen-bond acceptors (Lipinski definition) is 9. The number of rotatable bonds is 9. The van der Waals surface area contributed by atoms with Crippen LogP contribution in [0.25, 0.3) is 0 Å². The molecule has 3 amide bonds. The number of anilines is 2. The van der Waals surface area contributed by atoms with E-state index in [1.54, 1.807) is 37.3 Å². The normalized spacial score (nSPS) is 14.2. The summed E-state index contributed by atoms with van der Waals surface area (Å²) < 4.78 is 20.7. The van der Waals surface area contributed by atoms with Crippen molar-refractivity contribution in [3.8, 4) is 11.5 Å². The van der Waals surface area contributed by atoms with E-state index in [1.165, 1.54) is 19.1 Å². The molecule has 0 aliphatic heterocycles. The highest BCUT2D eigenvalue weighted by atomic mass is 32.1. The molecule has 4 rings (SSSR count). The van der Waals surface area contributed by atoms with Gasteiger partial charge in [-0.05, 0) is 55.6 Å². The molecule has 1 atom stereocenters. The number of nitrogens with one attached hydrogen (secondary N) is 1. The van der Waals surface area contributed by atoms with Crippen LogP contribution < -0.4 is 31.2 Å². The fraction of sp³-hybridized carbons (Fsp3) is 0.360. The number of hydrogen-bond donors (Lipinski definition) is 3. The number of aryl methyl sites for hydroxylation is 1. The van der Waals surface area contributed by atoms with E-state index in [0.29, 0.717) is 11.5 Å². The molecule has 0 bridgehead atoms. The number of nitrogens with two attached hydrogens (primary N) is 2. The smallest absolute Gasteiger partial charge is 0.273 e. The Hall–Kier alpha value is -4.06. The Kier molecular flexibility index (Phi) is 7.67. The number of benzene rings is 1. The van der Waals surface area contributed by atoms with Gasteiger partial charge in [0.15, 0.2) is 11.7 Å². The third-order valence-electron chi connectivity index (χ3n) is 6.26. The number of furan rings is 1. The summed E-state index contributed by atoms with van der Waals surface area (Å²) in [6.45, 7) is 1.75. The molecule has 1 fully saturated rings. The second-order valence-corrected chi connectivity index (χ2v) is 9.47. The first kappa shape index (κ1) is 26.0. The third kappa shape index (κ3) is 5.24. The van der Waals surface area contributed by atoms with Gasteiger partial charge in [0.05, 0.1) is 25.6 Å². The Labute approximate surface area is 217 Å². The number of carbonyl (C=O) groups is 3. The Morgan fingerprint density at radius 2 is 1.89 bits per heavy atom. The first-order valence-electron chi connectivity index (χ1n) is 11.7. The van der Waals surface area contributed by atoms with Crippen molar-refractivity contribution in [2.45, 2.75) is 44.7 Å².